The predicted molar refractivity (Wildman–Crippen MR) is 92.4 cm³/mol. The Bertz CT molecular complexity index is 555. The number of hydrogen-bond donors (Lipinski definition) is 0. The SMILES string of the molecule is C=C/C=C\C(=C/C)[SiH](c1ccccc1)c1ccccc1. The molecule has 2 rings (SSSR count). The summed E-state index contributed by atoms with van der Waals surface area (Å²) in [4.78, 5) is 0. The van der Waals surface area contributed by atoms with Crippen LogP contribution in [0.5, 0.6) is 0 Å². The first-order valence-electron chi connectivity index (χ1n) is 6.92. The summed E-state index contributed by atoms with van der Waals surface area (Å²) in [5, 5.41) is 4.31. The molecule has 0 aromatic heterocycles. The van der Waals surface area contributed by atoms with Gasteiger partial charge in [0.25, 0.3) is 0 Å². The minimum atomic E-state index is -1.37. The van der Waals surface area contributed by atoms with Crippen LogP contribution in [-0.4, -0.2) is 8.80 Å². The van der Waals surface area contributed by atoms with E-state index in [0.29, 0.717) is 0 Å². The fraction of sp³-hybridized carbons (Fsp3) is 0.0526. The molecule has 1 heteroatoms. The van der Waals surface area contributed by atoms with E-state index in [1.165, 1.54) is 15.6 Å². The van der Waals surface area contributed by atoms with Crippen LogP contribution in [0.15, 0.2) is 96.7 Å². The van der Waals surface area contributed by atoms with Crippen molar-refractivity contribution < 1.29 is 0 Å². The van der Waals surface area contributed by atoms with Gasteiger partial charge >= 0.3 is 0 Å². The van der Waals surface area contributed by atoms with Gasteiger partial charge < -0.3 is 0 Å². The second-order valence-corrected chi connectivity index (χ2v) is 7.50. The number of benzene rings is 2. The molecule has 0 unspecified atom stereocenters. The first kappa shape index (κ1) is 14.3. The average molecular weight is 276 g/mol. The Morgan fingerprint density at radius 2 is 1.40 bits per heavy atom. The third-order valence-corrected chi connectivity index (χ3v) is 6.65. The Hall–Kier alpha value is -2.12. The molecule has 0 aliphatic carbocycles. The molecule has 0 saturated heterocycles. The monoisotopic (exact) mass is 276 g/mol. The zero-order valence-corrected chi connectivity index (χ0v) is 13.0. The van der Waals surface area contributed by atoms with Crippen molar-refractivity contribution in [3.05, 3.63) is 96.7 Å². The Morgan fingerprint density at radius 3 is 1.80 bits per heavy atom. The van der Waals surface area contributed by atoms with Gasteiger partial charge in [-0.2, -0.15) is 0 Å². The van der Waals surface area contributed by atoms with Crippen LogP contribution in [0.4, 0.5) is 0 Å². The minimum Gasteiger partial charge on any atom is -0.0991 e. The van der Waals surface area contributed by atoms with Crippen molar-refractivity contribution in [3.8, 4) is 0 Å². The Labute approximate surface area is 123 Å². The van der Waals surface area contributed by atoms with Crippen LogP contribution in [0.25, 0.3) is 0 Å². The second kappa shape index (κ2) is 7.46. The van der Waals surface area contributed by atoms with Gasteiger partial charge in [0, 0.05) is 0 Å². The molecule has 0 heterocycles. The lowest BCUT2D eigenvalue weighted by Crippen LogP contribution is -2.43. The first-order chi connectivity index (χ1) is 9.86. The molecule has 20 heavy (non-hydrogen) atoms. The number of rotatable bonds is 5. The molecular formula is C19H20Si. The van der Waals surface area contributed by atoms with Crippen molar-refractivity contribution in [2.75, 3.05) is 0 Å². The quantitative estimate of drug-likeness (QED) is 0.581. The summed E-state index contributed by atoms with van der Waals surface area (Å²) in [6.07, 6.45) is 8.30. The van der Waals surface area contributed by atoms with Crippen molar-refractivity contribution >= 4 is 19.2 Å². The molecule has 0 saturated carbocycles. The molecule has 0 nitrogen and oxygen atoms in total. The minimum absolute atomic E-state index is 1.37. The summed E-state index contributed by atoms with van der Waals surface area (Å²) in [7, 11) is -1.37. The van der Waals surface area contributed by atoms with E-state index in [2.05, 4.69) is 86.3 Å². The van der Waals surface area contributed by atoms with Gasteiger partial charge in [-0.15, -0.1) is 0 Å². The Morgan fingerprint density at radius 1 is 0.900 bits per heavy atom. The zero-order chi connectivity index (χ0) is 14.2. The summed E-state index contributed by atoms with van der Waals surface area (Å²) < 4.78 is 0. The fourth-order valence-corrected chi connectivity index (χ4v) is 5.41. The molecule has 100 valence electrons. The lowest BCUT2D eigenvalue weighted by Gasteiger charge is -2.18. The highest BCUT2D eigenvalue weighted by atomic mass is 28.3. The van der Waals surface area contributed by atoms with Crippen molar-refractivity contribution in [2.45, 2.75) is 6.92 Å². The number of allylic oxidation sites excluding steroid dienone is 5. The maximum Gasteiger partial charge on any atom is 0.132 e. The van der Waals surface area contributed by atoms with E-state index < -0.39 is 8.80 Å². The van der Waals surface area contributed by atoms with Crippen molar-refractivity contribution in [2.24, 2.45) is 0 Å². The van der Waals surface area contributed by atoms with Crippen molar-refractivity contribution in [1.82, 2.24) is 0 Å². The highest BCUT2D eigenvalue weighted by molar-refractivity contribution is 6.91. The molecule has 0 aliphatic rings. The van der Waals surface area contributed by atoms with Crippen molar-refractivity contribution in [1.29, 1.82) is 0 Å². The second-order valence-electron chi connectivity index (χ2n) is 4.64. The summed E-state index contributed by atoms with van der Waals surface area (Å²) in [5.41, 5.74) is 0. The van der Waals surface area contributed by atoms with Gasteiger partial charge in [0.15, 0.2) is 0 Å². The van der Waals surface area contributed by atoms with E-state index in [9.17, 15) is 0 Å². The molecule has 0 spiro atoms. The molecule has 2 aromatic rings. The predicted octanol–water partition coefficient (Wildman–Crippen LogP) is 3.26. The summed E-state index contributed by atoms with van der Waals surface area (Å²) in [5.74, 6) is 0. The molecule has 0 N–H and O–H groups in total. The normalized spacial score (nSPS) is 12.0. The third kappa shape index (κ3) is 3.46. The van der Waals surface area contributed by atoms with E-state index in [1.807, 2.05) is 12.2 Å². The van der Waals surface area contributed by atoms with Gasteiger partial charge in [-0.25, -0.2) is 0 Å². The molecule has 0 aliphatic heterocycles. The average Bonchev–Trinajstić information content (AvgIpc) is 2.53. The maximum atomic E-state index is 3.77. The van der Waals surface area contributed by atoms with Gasteiger partial charge in [0.1, 0.15) is 8.80 Å². The Kier molecular flexibility index (Phi) is 5.33. The van der Waals surface area contributed by atoms with Crippen LogP contribution < -0.4 is 10.4 Å². The topological polar surface area (TPSA) is 0 Å². The van der Waals surface area contributed by atoms with Gasteiger partial charge in [0.2, 0.25) is 0 Å². The van der Waals surface area contributed by atoms with E-state index in [0.717, 1.165) is 0 Å². The fourth-order valence-electron chi connectivity index (χ4n) is 2.41. The van der Waals surface area contributed by atoms with Crippen LogP contribution in [0.2, 0.25) is 0 Å². The van der Waals surface area contributed by atoms with Gasteiger partial charge in [-0.05, 0) is 6.92 Å². The summed E-state index contributed by atoms with van der Waals surface area (Å²) in [6, 6.07) is 21.6. The van der Waals surface area contributed by atoms with Crippen LogP contribution in [-0.2, 0) is 0 Å². The summed E-state index contributed by atoms with van der Waals surface area (Å²) >= 11 is 0. The van der Waals surface area contributed by atoms with Crippen LogP contribution in [0, 0.1) is 0 Å². The van der Waals surface area contributed by atoms with E-state index in [-0.39, 0.29) is 0 Å². The standard InChI is InChI=1S/C19H20Si/c1-3-5-12-17(4-2)20(18-13-8-6-9-14-18)19-15-10-7-11-16-19/h3-16,20H,1H2,2H3/b12-5-,17-4+. The molecule has 0 radical (unpaired) electrons. The molecule has 0 amide bonds. The maximum absolute atomic E-state index is 3.77. The highest BCUT2D eigenvalue weighted by Crippen LogP contribution is 2.06. The van der Waals surface area contributed by atoms with Gasteiger partial charge in [0.05, 0.1) is 0 Å². The van der Waals surface area contributed by atoms with E-state index in [4.69, 9.17) is 0 Å². The van der Waals surface area contributed by atoms with Crippen molar-refractivity contribution in [3.63, 3.8) is 0 Å². The van der Waals surface area contributed by atoms with E-state index in [1.54, 1.807) is 0 Å². The smallest absolute Gasteiger partial charge is 0.0991 e. The molecule has 0 bridgehead atoms. The first-order valence-corrected chi connectivity index (χ1v) is 8.65. The zero-order valence-electron chi connectivity index (χ0n) is 11.9. The molecule has 0 atom stereocenters. The highest BCUT2D eigenvalue weighted by Gasteiger charge is 2.18. The van der Waals surface area contributed by atoms with Crippen LogP contribution in [0.1, 0.15) is 6.92 Å². The van der Waals surface area contributed by atoms with E-state index >= 15 is 0 Å². The summed E-state index contributed by atoms with van der Waals surface area (Å²) in [6.45, 7) is 5.89. The third-order valence-electron chi connectivity index (χ3n) is 3.36. The largest absolute Gasteiger partial charge is 0.132 e. The van der Waals surface area contributed by atoms with Gasteiger partial charge in [-0.3, -0.25) is 0 Å². The van der Waals surface area contributed by atoms with Crippen LogP contribution in [0.3, 0.4) is 0 Å². The molecular weight excluding hydrogens is 256 g/mol. The lowest BCUT2D eigenvalue weighted by atomic mass is 10.4. The molecule has 2 aromatic carbocycles. The van der Waals surface area contributed by atoms with Gasteiger partial charge in [-0.1, -0.05) is 107 Å². The number of hydrogen-bond acceptors (Lipinski definition) is 0. The lowest BCUT2D eigenvalue weighted by molar-refractivity contribution is 1.65. The Balaban J connectivity index is 2.50. The molecule has 0 fully saturated rings. The van der Waals surface area contributed by atoms with Crippen LogP contribution >= 0.6 is 0 Å².